The van der Waals surface area contributed by atoms with Crippen LogP contribution in [0.5, 0.6) is 11.5 Å². The first kappa shape index (κ1) is 15.6. The van der Waals surface area contributed by atoms with Crippen molar-refractivity contribution >= 4 is 27.9 Å². The quantitative estimate of drug-likeness (QED) is 0.746. The molecule has 6 heteroatoms. The number of methoxy groups -OCH3 is 1. The van der Waals surface area contributed by atoms with E-state index in [0.717, 1.165) is 54.1 Å². The third kappa shape index (κ3) is 3.08. The standard InChI is InChI=1S/C16H21BrN2O3/c1-21-15-9-14-16(8-13(15)17)22-11-12(10-20)19(14)7-6-18-4-2-3-5-18/h8-10,12H,2-7,11H2,1H3. The normalized spacial score (nSPS) is 21.4. The third-order valence-electron chi connectivity index (χ3n) is 4.37. The van der Waals surface area contributed by atoms with Crippen molar-refractivity contribution in [1.29, 1.82) is 0 Å². The highest BCUT2D eigenvalue weighted by atomic mass is 79.9. The first-order valence-corrected chi connectivity index (χ1v) is 8.47. The monoisotopic (exact) mass is 368 g/mol. The predicted octanol–water partition coefficient (Wildman–Crippen LogP) is 2.32. The molecule has 2 aliphatic rings. The molecule has 2 heterocycles. The van der Waals surface area contributed by atoms with E-state index in [2.05, 4.69) is 25.7 Å². The molecule has 0 radical (unpaired) electrons. The van der Waals surface area contributed by atoms with Crippen molar-refractivity contribution in [2.75, 3.05) is 44.8 Å². The van der Waals surface area contributed by atoms with E-state index in [4.69, 9.17) is 9.47 Å². The van der Waals surface area contributed by atoms with Crippen LogP contribution in [-0.4, -0.2) is 57.1 Å². The molecule has 1 aromatic rings. The minimum Gasteiger partial charge on any atom is -0.495 e. The fourth-order valence-corrected chi connectivity index (χ4v) is 3.60. The largest absolute Gasteiger partial charge is 0.495 e. The van der Waals surface area contributed by atoms with E-state index in [1.165, 1.54) is 12.8 Å². The number of aldehydes is 1. The van der Waals surface area contributed by atoms with Gasteiger partial charge in [0.25, 0.3) is 0 Å². The fraction of sp³-hybridized carbons (Fsp3) is 0.562. The lowest BCUT2D eigenvalue weighted by Gasteiger charge is -2.37. The van der Waals surface area contributed by atoms with Crippen LogP contribution in [0.2, 0.25) is 0 Å². The van der Waals surface area contributed by atoms with Crippen LogP contribution in [0.3, 0.4) is 0 Å². The zero-order chi connectivity index (χ0) is 15.5. The second-order valence-corrected chi connectivity index (χ2v) is 6.57. The molecule has 0 aliphatic carbocycles. The number of fused-ring (bicyclic) bond motifs is 1. The van der Waals surface area contributed by atoms with Crippen LogP contribution >= 0.6 is 15.9 Å². The molecule has 120 valence electrons. The molecule has 0 amide bonds. The van der Waals surface area contributed by atoms with Gasteiger partial charge < -0.3 is 24.1 Å². The smallest absolute Gasteiger partial charge is 0.145 e. The Hall–Kier alpha value is -1.27. The molecular weight excluding hydrogens is 348 g/mol. The number of rotatable bonds is 5. The highest BCUT2D eigenvalue weighted by Crippen LogP contribution is 2.41. The Morgan fingerprint density at radius 2 is 2.14 bits per heavy atom. The van der Waals surface area contributed by atoms with Crippen molar-refractivity contribution in [3.8, 4) is 11.5 Å². The second kappa shape index (κ2) is 6.87. The van der Waals surface area contributed by atoms with E-state index in [1.807, 2.05) is 12.1 Å². The van der Waals surface area contributed by atoms with Crippen molar-refractivity contribution in [1.82, 2.24) is 4.90 Å². The predicted molar refractivity (Wildman–Crippen MR) is 89.1 cm³/mol. The number of ether oxygens (including phenoxy) is 2. The van der Waals surface area contributed by atoms with Crippen molar-refractivity contribution in [3.05, 3.63) is 16.6 Å². The van der Waals surface area contributed by atoms with Gasteiger partial charge in [-0.3, -0.25) is 0 Å². The van der Waals surface area contributed by atoms with E-state index in [1.54, 1.807) is 7.11 Å². The molecule has 1 atom stereocenters. The Morgan fingerprint density at radius 1 is 1.36 bits per heavy atom. The molecule has 1 fully saturated rings. The maximum absolute atomic E-state index is 11.4. The topological polar surface area (TPSA) is 42.0 Å². The van der Waals surface area contributed by atoms with Gasteiger partial charge in [0.2, 0.25) is 0 Å². The van der Waals surface area contributed by atoms with Gasteiger partial charge in [0.05, 0.1) is 17.3 Å². The van der Waals surface area contributed by atoms with Gasteiger partial charge in [-0.05, 0) is 41.9 Å². The minimum absolute atomic E-state index is 0.235. The van der Waals surface area contributed by atoms with Crippen molar-refractivity contribution in [3.63, 3.8) is 0 Å². The number of carbonyl (C=O) groups excluding carboxylic acids is 1. The van der Waals surface area contributed by atoms with Crippen LogP contribution in [0.4, 0.5) is 5.69 Å². The van der Waals surface area contributed by atoms with Crippen molar-refractivity contribution < 1.29 is 14.3 Å². The van der Waals surface area contributed by atoms with Gasteiger partial charge in [-0.2, -0.15) is 0 Å². The SMILES string of the molecule is COc1cc2c(cc1Br)OCC(C=O)N2CCN1CCCC1. The van der Waals surface area contributed by atoms with Crippen molar-refractivity contribution in [2.24, 2.45) is 0 Å². The molecule has 0 aromatic heterocycles. The molecule has 2 aliphatic heterocycles. The summed E-state index contributed by atoms with van der Waals surface area (Å²) in [6.07, 6.45) is 3.52. The Morgan fingerprint density at radius 3 is 2.82 bits per heavy atom. The zero-order valence-electron chi connectivity index (χ0n) is 12.8. The number of carbonyl (C=O) groups is 1. The van der Waals surface area contributed by atoms with Gasteiger partial charge in [-0.15, -0.1) is 0 Å². The van der Waals surface area contributed by atoms with Gasteiger partial charge in [0.1, 0.15) is 30.4 Å². The first-order valence-electron chi connectivity index (χ1n) is 7.67. The number of hydrogen-bond acceptors (Lipinski definition) is 5. The molecule has 1 aromatic carbocycles. The van der Waals surface area contributed by atoms with Gasteiger partial charge in [-0.25, -0.2) is 0 Å². The molecule has 0 N–H and O–H groups in total. The Kier molecular flexibility index (Phi) is 4.88. The number of hydrogen-bond donors (Lipinski definition) is 0. The summed E-state index contributed by atoms with van der Waals surface area (Å²) in [6.45, 7) is 4.52. The second-order valence-electron chi connectivity index (χ2n) is 5.71. The summed E-state index contributed by atoms with van der Waals surface area (Å²) < 4.78 is 12.0. The van der Waals surface area contributed by atoms with E-state index in [9.17, 15) is 4.79 Å². The highest BCUT2D eigenvalue weighted by Gasteiger charge is 2.29. The summed E-state index contributed by atoms with van der Waals surface area (Å²) in [5, 5.41) is 0. The highest BCUT2D eigenvalue weighted by molar-refractivity contribution is 9.10. The van der Waals surface area contributed by atoms with Crippen LogP contribution in [-0.2, 0) is 4.79 Å². The third-order valence-corrected chi connectivity index (χ3v) is 4.99. The molecular formula is C16H21BrN2O3. The van der Waals surface area contributed by atoms with Crippen molar-refractivity contribution in [2.45, 2.75) is 18.9 Å². The summed E-state index contributed by atoms with van der Waals surface area (Å²) in [7, 11) is 1.64. The molecule has 0 saturated carbocycles. The van der Waals surface area contributed by atoms with Gasteiger partial charge >= 0.3 is 0 Å². The van der Waals surface area contributed by atoms with Gasteiger partial charge in [0, 0.05) is 25.2 Å². The Bertz CT molecular complexity index is 546. The number of anilines is 1. The molecule has 22 heavy (non-hydrogen) atoms. The van der Waals surface area contributed by atoms with Crippen LogP contribution < -0.4 is 14.4 Å². The Labute approximate surface area is 139 Å². The average Bonchev–Trinajstić information content (AvgIpc) is 3.05. The minimum atomic E-state index is -0.235. The number of benzene rings is 1. The van der Waals surface area contributed by atoms with Crippen LogP contribution in [0, 0.1) is 0 Å². The van der Waals surface area contributed by atoms with E-state index in [-0.39, 0.29) is 6.04 Å². The summed E-state index contributed by atoms with van der Waals surface area (Å²) >= 11 is 3.48. The molecule has 5 nitrogen and oxygen atoms in total. The summed E-state index contributed by atoms with van der Waals surface area (Å²) in [4.78, 5) is 16.0. The van der Waals surface area contributed by atoms with Crippen LogP contribution in [0.1, 0.15) is 12.8 Å². The molecule has 0 bridgehead atoms. The lowest BCUT2D eigenvalue weighted by Crippen LogP contribution is -2.47. The number of nitrogens with zero attached hydrogens (tertiary/aromatic N) is 2. The molecule has 3 rings (SSSR count). The molecule has 1 saturated heterocycles. The van der Waals surface area contributed by atoms with E-state index >= 15 is 0 Å². The van der Waals surface area contributed by atoms with Crippen LogP contribution in [0.15, 0.2) is 16.6 Å². The fourth-order valence-electron chi connectivity index (χ4n) is 3.12. The average molecular weight is 369 g/mol. The number of likely N-dealkylation sites (tertiary alicyclic amines) is 1. The van der Waals surface area contributed by atoms with Crippen LogP contribution in [0.25, 0.3) is 0 Å². The number of halogens is 1. The van der Waals surface area contributed by atoms with E-state index < -0.39 is 0 Å². The lowest BCUT2D eigenvalue weighted by molar-refractivity contribution is -0.109. The lowest BCUT2D eigenvalue weighted by atomic mass is 10.1. The Balaban J connectivity index is 1.83. The molecule has 1 unspecified atom stereocenters. The first-order chi connectivity index (χ1) is 10.7. The zero-order valence-corrected chi connectivity index (χ0v) is 14.3. The summed E-state index contributed by atoms with van der Waals surface area (Å²) in [5.41, 5.74) is 0.933. The maximum Gasteiger partial charge on any atom is 0.145 e. The van der Waals surface area contributed by atoms with E-state index in [0.29, 0.717) is 6.61 Å². The van der Waals surface area contributed by atoms with Gasteiger partial charge in [0.15, 0.2) is 0 Å². The summed E-state index contributed by atoms with van der Waals surface area (Å²) in [5.74, 6) is 1.55. The van der Waals surface area contributed by atoms with Gasteiger partial charge in [-0.1, -0.05) is 0 Å². The molecule has 0 spiro atoms. The summed E-state index contributed by atoms with van der Waals surface area (Å²) in [6, 6.07) is 3.62. The maximum atomic E-state index is 11.4.